The molecule has 0 bridgehead atoms. The van der Waals surface area contributed by atoms with Gasteiger partial charge in [0.15, 0.2) is 11.6 Å². The lowest BCUT2D eigenvalue weighted by atomic mass is 10.0. The van der Waals surface area contributed by atoms with Crippen LogP contribution in [0.4, 0.5) is 13.2 Å². The molecule has 0 spiro atoms. The molecule has 3 rings (SSSR count). The van der Waals surface area contributed by atoms with Crippen LogP contribution in [-0.2, 0) is 26.0 Å². The van der Waals surface area contributed by atoms with Crippen molar-refractivity contribution in [3.8, 4) is 0 Å². The summed E-state index contributed by atoms with van der Waals surface area (Å²) >= 11 is 0. The van der Waals surface area contributed by atoms with E-state index < -0.39 is 45.3 Å². The molecule has 1 heterocycles. The number of nitrogens with one attached hydrogen (secondary N) is 2. The quantitative estimate of drug-likeness (QED) is 0.631. The average Bonchev–Trinajstić information content (AvgIpc) is 2.76. The molecule has 1 aliphatic heterocycles. The lowest BCUT2D eigenvalue weighted by Crippen LogP contribution is -2.53. The van der Waals surface area contributed by atoms with Crippen molar-refractivity contribution in [3.05, 3.63) is 65.5 Å². The Kier molecular flexibility index (Phi) is 7.75. The average molecular weight is 484 g/mol. The van der Waals surface area contributed by atoms with Crippen LogP contribution in [0.3, 0.4) is 0 Å². The number of halogens is 3. The summed E-state index contributed by atoms with van der Waals surface area (Å²) in [4.78, 5) is 24.3. The smallest absolute Gasteiger partial charge is 0.243 e. The molecule has 0 aromatic heterocycles. The normalized spacial score (nSPS) is 16.2. The van der Waals surface area contributed by atoms with Crippen molar-refractivity contribution >= 4 is 21.8 Å². The molecule has 7 nitrogen and oxygen atoms in total. The summed E-state index contributed by atoms with van der Waals surface area (Å²) in [6.07, 6.45) is 0.634. The fraction of sp³-hybridized carbons (Fsp3) is 0.364. The second-order valence-electron chi connectivity index (χ2n) is 7.85. The largest absolute Gasteiger partial charge is 0.351 e. The third-order valence-corrected chi connectivity index (χ3v) is 7.28. The molecule has 2 amide bonds. The van der Waals surface area contributed by atoms with Crippen molar-refractivity contribution in [3.63, 3.8) is 0 Å². The van der Waals surface area contributed by atoms with Crippen molar-refractivity contribution in [2.75, 3.05) is 13.1 Å². The van der Waals surface area contributed by atoms with E-state index >= 15 is 0 Å². The minimum absolute atomic E-state index is 0.0105. The van der Waals surface area contributed by atoms with Gasteiger partial charge < -0.3 is 10.6 Å². The van der Waals surface area contributed by atoms with E-state index in [1.165, 1.54) is 29.4 Å². The summed E-state index contributed by atoms with van der Waals surface area (Å²) < 4.78 is 66.5. The van der Waals surface area contributed by atoms with Crippen LogP contribution in [-0.4, -0.2) is 49.7 Å². The molecule has 0 radical (unpaired) electrons. The van der Waals surface area contributed by atoms with E-state index in [-0.39, 0.29) is 30.4 Å². The van der Waals surface area contributed by atoms with E-state index in [1.807, 2.05) is 0 Å². The monoisotopic (exact) mass is 483 g/mol. The van der Waals surface area contributed by atoms with Crippen molar-refractivity contribution < 1.29 is 31.2 Å². The Labute approximate surface area is 190 Å². The molecule has 1 atom stereocenters. The van der Waals surface area contributed by atoms with E-state index in [1.54, 1.807) is 0 Å². The van der Waals surface area contributed by atoms with Gasteiger partial charge in [0.2, 0.25) is 21.8 Å². The van der Waals surface area contributed by atoms with E-state index in [0.717, 1.165) is 24.3 Å². The molecule has 0 saturated carbocycles. The van der Waals surface area contributed by atoms with Crippen molar-refractivity contribution in [2.24, 2.45) is 0 Å². The molecule has 0 aliphatic carbocycles. The molecule has 1 unspecified atom stereocenters. The maximum atomic E-state index is 13.5. The highest BCUT2D eigenvalue weighted by atomic mass is 32.2. The van der Waals surface area contributed by atoms with Crippen molar-refractivity contribution in [2.45, 2.75) is 43.2 Å². The summed E-state index contributed by atoms with van der Waals surface area (Å²) in [5, 5.41) is 5.30. The second kappa shape index (κ2) is 10.3. The van der Waals surface area contributed by atoms with Crippen LogP contribution in [0.25, 0.3) is 0 Å². The van der Waals surface area contributed by atoms with Gasteiger partial charge in [-0.15, -0.1) is 0 Å². The molecule has 1 fully saturated rings. The van der Waals surface area contributed by atoms with E-state index in [2.05, 4.69) is 10.6 Å². The standard InChI is InChI=1S/C22H24F3N3O4S/c1-14(29)26-21(13-15-2-7-19(24)20(25)12-15)22(30)27-17-8-10-28(11-9-17)33(31,32)18-5-3-16(23)4-6-18/h2-7,12,17,21H,8-11,13H2,1H3,(H,26,29)(H,27,30). The number of piperidine rings is 1. The van der Waals surface area contributed by atoms with E-state index in [9.17, 15) is 31.2 Å². The SMILES string of the molecule is CC(=O)NC(Cc1ccc(F)c(F)c1)C(=O)NC1CCN(S(=O)(=O)c2ccc(F)cc2)CC1. The molecule has 2 N–H and O–H groups in total. The number of hydrogen-bond acceptors (Lipinski definition) is 4. The van der Waals surface area contributed by atoms with Crippen LogP contribution in [0, 0.1) is 17.5 Å². The summed E-state index contributed by atoms with van der Waals surface area (Å²) in [6, 6.07) is 6.47. The lowest BCUT2D eigenvalue weighted by molar-refractivity contribution is -0.128. The summed E-state index contributed by atoms with van der Waals surface area (Å²) in [7, 11) is -3.78. The highest BCUT2D eigenvalue weighted by molar-refractivity contribution is 7.89. The molecule has 1 aliphatic rings. The van der Waals surface area contributed by atoms with Crippen LogP contribution in [0.1, 0.15) is 25.3 Å². The Bertz CT molecular complexity index is 1120. The van der Waals surface area contributed by atoms with Gasteiger partial charge in [0.25, 0.3) is 0 Å². The Balaban J connectivity index is 1.61. The van der Waals surface area contributed by atoms with Crippen molar-refractivity contribution in [1.82, 2.24) is 14.9 Å². The molecule has 2 aromatic rings. The number of amides is 2. The molecule has 2 aromatic carbocycles. The van der Waals surface area contributed by atoms with Gasteiger partial charge in [0.1, 0.15) is 11.9 Å². The minimum Gasteiger partial charge on any atom is -0.351 e. The van der Waals surface area contributed by atoms with Gasteiger partial charge in [-0.25, -0.2) is 21.6 Å². The minimum atomic E-state index is -3.78. The number of hydrogen-bond donors (Lipinski definition) is 2. The fourth-order valence-corrected chi connectivity index (χ4v) is 5.12. The fourth-order valence-electron chi connectivity index (χ4n) is 3.65. The highest BCUT2D eigenvalue weighted by Gasteiger charge is 2.31. The van der Waals surface area contributed by atoms with Gasteiger partial charge >= 0.3 is 0 Å². The Morgan fingerprint density at radius 1 is 1.03 bits per heavy atom. The number of carbonyl (C=O) groups excluding carboxylic acids is 2. The van der Waals surface area contributed by atoms with Gasteiger partial charge in [-0.1, -0.05) is 6.07 Å². The number of nitrogens with zero attached hydrogens (tertiary/aromatic N) is 1. The third-order valence-electron chi connectivity index (χ3n) is 5.37. The first-order valence-corrected chi connectivity index (χ1v) is 11.8. The number of carbonyl (C=O) groups is 2. The highest BCUT2D eigenvalue weighted by Crippen LogP contribution is 2.21. The number of benzene rings is 2. The third kappa shape index (κ3) is 6.32. The summed E-state index contributed by atoms with van der Waals surface area (Å²) in [6.45, 7) is 1.54. The zero-order chi connectivity index (χ0) is 24.2. The van der Waals surface area contributed by atoms with Crippen LogP contribution in [0.2, 0.25) is 0 Å². The maximum absolute atomic E-state index is 13.5. The maximum Gasteiger partial charge on any atom is 0.243 e. The van der Waals surface area contributed by atoms with Gasteiger partial charge in [-0.05, 0) is 54.8 Å². The molecular weight excluding hydrogens is 459 g/mol. The first-order chi connectivity index (χ1) is 15.6. The Morgan fingerprint density at radius 3 is 2.24 bits per heavy atom. The van der Waals surface area contributed by atoms with Gasteiger partial charge in [-0.3, -0.25) is 9.59 Å². The molecule has 33 heavy (non-hydrogen) atoms. The van der Waals surface area contributed by atoms with Gasteiger partial charge in [0.05, 0.1) is 4.90 Å². The number of sulfonamides is 1. The van der Waals surface area contributed by atoms with Crippen LogP contribution < -0.4 is 10.6 Å². The predicted molar refractivity (Wildman–Crippen MR) is 114 cm³/mol. The summed E-state index contributed by atoms with van der Waals surface area (Å²) in [5.41, 5.74) is 0.336. The zero-order valence-corrected chi connectivity index (χ0v) is 18.7. The van der Waals surface area contributed by atoms with E-state index in [0.29, 0.717) is 18.4 Å². The van der Waals surface area contributed by atoms with Gasteiger partial charge in [-0.2, -0.15) is 4.31 Å². The molecule has 11 heteroatoms. The topological polar surface area (TPSA) is 95.6 Å². The predicted octanol–water partition coefficient (Wildman–Crippen LogP) is 2.12. The Morgan fingerprint density at radius 2 is 1.67 bits per heavy atom. The number of rotatable bonds is 7. The van der Waals surface area contributed by atoms with Crippen molar-refractivity contribution in [1.29, 1.82) is 0 Å². The second-order valence-corrected chi connectivity index (χ2v) is 9.78. The van der Waals surface area contributed by atoms with Gasteiger partial charge in [0, 0.05) is 32.5 Å². The molecule has 1 saturated heterocycles. The van der Waals surface area contributed by atoms with Crippen LogP contribution in [0.15, 0.2) is 47.4 Å². The van der Waals surface area contributed by atoms with Crippen LogP contribution >= 0.6 is 0 Å². The first kappa shape index (κ1) is 24.7. The lowest BCUT2D eigenvalue weighted by Gasteiger charge is -2.32. The van der Waals surface area contributed by atoms with E-state index in [4.69, 9.17) is 0 Å². The molecule has 178 valence electrons. The zero-order valence-electron chi connectivity index (χ0n) is 17.9. The Hall–Kier alpha value is -2.92. The summed E-state index contributed by atoms with van der Waals surface area (Å²) in [5.74, 6) is -3.56. The van der Waals surface area contributed by atoms with Crippen LogP contribution in [0.5, 0.6) is 0 Å². The first-order valence-electron chi connectivity index (χ1n) is 10.3. The molecular formula is C22H24F3N3O4S.